The molecule has 0 bridgehead atoms. The van der Waals surface area contributed by atoms with Crippen LogP contribution in [0.2, 0.25) is 0 Å². The van der Waals surface area contributed by atoms with Crippen molar-refractivity contribution in [2.24, 2.45) is 0 Å². The molecule has 0 aromatic heterocycles. The Hall–Kier alpha value is -2.33. The average molecular weight is 283 g/mol. The van der Waals surface area contributed by atoms with Crippen LogP contribution < -0.4 is 4.74 Å². The fraction of sp³-hybridized carbons (Fsp3) is 0.235. The van der Waals surface area contributed by atoms with Gasteiger partial charge in [-0.05, 0) is 29.8 Å². The topological polar surface area (TPSA) is 49.8 Å². The Labute approximate surface area is 123 Å². The van der Waals surface area contributed by atoms with Gasteiger partial charge in [0.1, 0.15) is 11.4 Å². The maximum Gasteiger partial charge on any atom is 0.254 e. The third-order valence-electron chi connectivity index (χ3n) is 3.84. The van der Waals surface area contributed by atoms with Gasteiger partial charge >= 0.3 is 0 Å². The van der Waals surface area contributed by atoms with Gasteiger partial charge in [0.25, 0.3) is 5.91 Å². The summed E-state index contributed by atoms with van der Waals surface area (Å²) in [5.41, 5.74) is 0.492. The Morgan fingerprint density at radius 3 is 2.29 bits per heavy atom. The molecular weight excluding hydrogens is 266 g/mol. The Bertz CT molecular complexity index is 631. The van der Waals surface area contributed by atoms with Crippen LogP contribution in [0.25, 0.3) is 0 Å². The molecule has 3 rings (SSSR count). The highest BCUT2D eigenvalue weighted by atomic mass is 16.5. The fourth-order valence-corrected chi connectivity index (χ4v) is 2.58. The number of carbonyl (C=O) groups excluding carboxylic acids is 1. The molecule has 2 aromatic carbocycles. The van der Waals surface area contributed by atoms with Crippen molar-refractivity contribution < 1.29 is 14.6 Å². The van der Waals surface area contributed by atoms with E-state index in [1.807, 2.05) is 42.5 Å². The number of hydrogen-bond acceptors (Lipinski definition) is 3. The fourth-order valence-electron chi connectivity index (χ4n) is 2.58. The van der Waals surface area contributed by atoms with Crippen LogP contribution in [-0.2, 0) is 5.60 Å². The lowest BCUT2D eigenvalue weighted by Crippen LogP contribution is -2.61. The van der Waals surface area contributed by atoms with Crippen molar-refractivity contribution in [3.8, 4) is 5.75 Å². The monoisotopic (exact) mass is 283 g/mol. The van der Waals surface area contributed by atoms with Crippen LogP contribution in [0.3, 0.4) is 0 Å². The zero-order valence-corrected chi connectivity index (χ0v) is 11.8. The van der Waals surface area contributed by atoms with Gasteiger partial charge in [0.05, 0.1) is 20.2 Å². The second-order valence-corrected chi connectivity index (χ2v) is 5.29. The first-order chi connectivity index (χ1) is 10.1. The van der Waals surface area contributed by atoms with E-state index in [4.69, 9.17) is 4.74 Å². The van der Waals surface area contributed by atoms with Gasteiger partial charge in [-0.1, -0.05) is 30.3 Å². The molecule has 0 atom stereocenters. The summed E-state index contributed by atoms with van der Waals surface area (Å²) in [6.07, 6.45) is 0. The number of aliphatic hydroxyl groups is 1. The van der Waals surface area contributed by atoms with Gasteiger partial charge in [-0.15, -0.1) is 0 Å². The minimum absolute atomic E-state index is 0.0474. The molecular formula is C17H17NO3. The summed E-state index contributed by atoms with van der Waals surface area (Å²) in [6, 6.07) is 16.4. The quantitative estimate of drug-likeness (QED) is 0.938. The number of hydrogen-bond donors (Lipinski definition) is 1. The number of ether oxygens (including phenoxy) is 1. The summed E-state index contributed by atoms with van der Waals surface area (Å²) < 4.78 is 5.10. The summed E-state index contributed by atoms with van der Waals surface area (Å²) in [5, 5.41) is 10.6. The zero-order valence-electron chi connectivity index (χ0n) is 11.8. The van der Waals surface area contributed by atoms with Crippen LogP contribution in [0.15, 0.2) is 54.6 Å². The van der Waals surface area contributed by atoms with Crippen molar-refractivity contribution in [3.05, 3.63) is 65.7 Å². The molecule has 1 aliphatic heterocycles. The van der Waals surface area contributed by atoms with Crippen LogP contribution >= 0.6 is 0 Å². The van der Waals surface area contributed by atoms with Crippen molar-refractivity contribution in [3.63, 3.8) is 0 Å². The highest BCUT2D eigenvalue weighted by molar-refractivity contribution is 5.94. The molecule has 21 heavy (non-hydrogen) atoms. The zero-order chi connectivity index (χ0) is 14.9. The van der Waals surface area contributed by atoms with Crippen molar-refractivity contribution >= 4 is 5.91 Å². The maximum atomic E-state index is 12.2. The first kappa shape index (κ1) is 13.6. The third-order valence-corrected chi connectivity index (χ3v) is 3.84. The first-order valence-corrected chi connectivity index (χ1v) is 6.84. The van der Waals surface area contributed by atoms with E-state index in [9.17, 15) is 9.90 Å². The summed E-state index contributed by atoms with van der Waals surface area (Å²) in [6.45, 7) is 0.625. The van der Waals surface area contributed by atoms with E-state index in [0.717, 1.165) is 11.3 Å². The van der Waals surface area contributed by atoms with Crippen molar-refractivity contribution in [1.82, 2.24) is 4.90 Å². The smallest absolute Gasteiger partial charge is 0.254 e. The molecule has 1 saturated heterocycles. The minimum atomic E-state index is -0.962. The SMILES string of the molecule is COc1ccc(C2(O)CN(C(=O)c3ccccc3)C2)cc1. The number of methoxy groups -OCH3 is 1. The number of rotatable bonds is 3. The number of nitrogens with zero attached hydrogens (tertiary/aromatic N) is 1. The second-order valence-electron chi connectivity index (χ2n) is 5.29. The van der Waals surface area contributed by atoms with Gasteiger partial charge in [0.15, 0.2) is 0 Å². The molecule has 0 saturated carbocycles. The van der Waals surface area contributed by atoms with E-state index >= 15 is 0 Å². The van der Waals surface area contributed by atoms with E-state index in [-0.39, 0.29) is 5.91 Å². The molecule has 1 fully saturated rings. The van der Waals surface area contributed by atoms with Crippen molar-refractivity contribution in [2.75, 3.05) is 20.2 Å². The molecule has 0 spiro atoms. The predicted molar refractivity (Wildman–Crippen MR) is 79.2 cm³/mol. The molecule has 2 aromatic rings. The van der Waals surface area contributed by atoms with Gasteiger partial charge in [0, 0.05) is 5.56 Å². The van der Waals surface area contributed by atoms with Crippen LogP contribution in [0.5, 0.6) is 5.75 Å². The molecule has 1 amide bonds. The van der Waals surface area contributed by atoms with E-state index in [1.54, 1.807) is 24.1 Å². The Morgan fingerprint density at radius 1 is 1.10 bits per heavy atom. The van der Waals surface area contributed by atoms with Gasteiger partial charge in [-0.2, -0.15) is 0 Å². The number of carbonyl (C=O) groups is 1. The third kappa shape index (κ3) is 2.50. The van der Waals surface area contributed by atoms with E-state index in [1.165, 1.54) is 0 Å². The van der Waals surface area contributed by atoms with Crippen LogP contribution in [-0.4, -0.2) is 36.1 Å². The molecule has 0 unspecified atom stereocenters. The van der Waals surface area contributed by atoms with Crippen molar-refractivity contribution in [1.29, 1.82) is 0 Å². The number of amides is 1. The summed E-state index contributed by atoms with van der Waals surface area (Å²) >= 11 is 0. The molecule has 4 heteroatoms. The highest BCUT2D eigenvalue weighted by Gasteiger charge is 2.45. The Morgan fingerprint density at radius 2 is 1.71 bits per heavy atom. The number of benzene rings is 2. The lowest BCUT2D eigenvalue weighted by molar-refractivity contribution is -0.0863. The predicted octanol–water partition coefficient (Wildman–Crippen LogP) is 2.04. The molecule has 1 aliphatic rings. The molecule has 0 aliphatic carbocycles. The van der Waals surface area contributed by atoms with Crippen LogP contribution in [0.1, 0.15) is 15.9 Å². The maximum absolute atomic E-state index is 12.2. The minimum Gasteiger partial charge on any atom is -0.497 e. The van der Waals surface area contributed by atoms with E-state index in [0.29, 0.717) is 18.7 Å². The highest BCUT2D eigenvalue weighted by Crippen LogP contribution is 2.33. The molecule has 108 valence electrons. The van der Waals surface area contributed by atoms with Crippen LogP contribution in [0.4, 0.5) is 0 Å². The van der Waals surface area contributed by atoms with E-state index < -0.39 is 5.60 Å². The standard InChI is InChI=1S/C17H17NO3/c1-21-15-9-7-14(8-10-15)17(20)11-18(12-17)16(19)13-5-3-2-4-6-13/h2-10,20H,11-12H2,1H3. The second kappa shape index (κ2) is 5.22. The van der Waals surface area contributed by atoms with Gasteiger partial charge < -0.3 is 14.7 Å². The molecule has 1 N–H and O–H groups in total. The molecule has 4 nitrogen and oxygen atoms in total. The van der Waals surface area contributed by atoms with Crippen LogP contribution in [0, 0.1) is 0 Å². The normalized spacial score (nSPS) is 16.2. The summed E-state index contributed by atoms with van der Waals surface area (Å²) in [5.74, 6) is 0.702. The Kier molecular flexibility index (Phi) is 3.39. The van der Waals surface area contributed by atoms with Gasteiger partial charge in [-0.3, -0.25) is 4.79 Å². The van der Waals surface area contributed by atoms with Crippen molar-refractivity contribution in [2.45, 2.75) is 5.60 Å². The van der Waals surface area contributed by atoms with E-state index in [2.05, 4.69) is 0 Å². The largest absolute Gasteiger partial charge is 0.497 e. The summed E-state index contributed by atoms with van der Waals surface area (Å²) in [7, 11) is 1.60. The average Bonchev–Trinajstić information content (AvgIpc) is 2.52. The number of likely N-dealkylation sites (tertiary alicyclic amines) is 1. The lowest BCUT2D eigenvalue weighted by atomic mass is 9.85. The molecule has 1 heterocycles. The Balaban J connectivity index is 1.70. The summed E-state index contributed by atoms with van der Waals surface area (Å²) in [4.78, 5) is 13.9. The molecule has 0 radical (unpaired) electrons. The lowest BCUT2D eigenvalue weighted by Gasteiger charge is -2.46. The number of β-amino-alcohol motifs (C(OH)–C–C–N with tert-alkyl or cyclic N) is 1. The first-order valence-electron chi connectivity index (χ1n) is 6.84. The van der Waals surface area contributed by atoms with Gasteiger partial charge in [0.2, 0.25) is 0 Å². The van der Waals surface area contributed by atoms with Gasteiger partial charge in [-0.25, -0.2) is 0 Å².